The van der Waals surface area contributed by atoms with Gasteiger partial charge in [0, 0.05) is 19.2 Å². The number of fused-ring (bicyclic) bond motifs is 1. The number of aliphatic hydroxyl groups is 1. The first-order chi connectivity index (χ1) is 12.5. The molecule has 0 aliphatic heterocycles. The number of hydrogen-bond acceptors (Lipinski definition) is 7. The smallest absolute Gasteiger partial charge is 0.227 e. The zero-order valence-corrected chi connectivity index (χ0v) is 14.6. The molecule has 2 aromatic heterocycles. The first kappa shape index (κ1) is 17.9. The molecule has 26 heavy (non-hydrogen) atoms. The third-order valence-corrected chi connectivity index (χ3v) is 4.09. The highest BCUT2D eigenvalue weighted by Crippen LogP contribution is 2.23. The fraction of sp³-hybridized carbons (Fsp3) is 0.353. The fourth-order valence-corrected chi connectivity index (χ4v) is 2.53. The summed E-state index contributed by atoms with van der Waals surface area (Å²) in [6.07, 6.45) is 2.33. The van der Waals surface area contributed by atoms with Crippen molar-refractivity contribution in [2.24, 2.45) is 7.05 Å². The van der Waals surface area contributed by atoms with Gasteiger partial charge in [0.15, 0.2) is 17.0 Å². The van der Waals surface area contributed by atoms with Crippen LogP contribution in [-0.2, 0) is 13.6 Å². The lowest BCUT2D eigenvalue weighted by molar-refractivity contribution is 0.271. The Morgan fingerprint density at radius 3 is 2.85 bits per heavy atom. The number of aromatic hydroxyl groups is 1. The summed E-state index contributed by atoms with van der Waals surface area (Å²) in [6, 6.07) is 3.60. The van der Waals surface area contributed by atoms with E-state index in [0.29, 0.717) is 34.9 Å². The Morgan fingerprint density at radius 2 is 2.12 bits per heavy atom. The molecule has 0 amide bonds. The van der Waals surface area contributed by atoms with Crippen molar-refractivity contribution in [3.05, 3.63) is 35.9 Å². The molecule has 0 aliphatic rings. The van der Waals surface area contributed by atoms with Crippen molar-refractivity contribution in [2.75, 3.05) is 17.2 Å². The molecule has 0 saturated carbocycles. The van der Waals surface area contributed by atoms with Crippen LogP contribution >= 0.6 is 0 Å². The molecule has 0 fully saturated rings. The van der Waals surface area contributed by atoms with Crippen LogP contribution in [0.3, 0.4) is 0 Å². The van der Waals surface area contributed by atoms with E-state index in [1.807, 2.05) is 14.0 Å². The van der Waals surface area contributed by atoms with E-state index in [1.54, 1.807) is 10.9 Å². The van der Waals surface area contributed by atoms with E-state index >= 15 is 0 Å². The summed E-state index contributed by atoms with van der Waals surface area (Å²) >= 11 is 0. The van der Waals surface area contributed by atoms with E-state index in [4.69, 9.17) is 0 Å². The lowest BCUT2D eigenvalue weighted by atomic mass is 10.2. The number of phenols is 1. The third-order valence-electron chi connectivity index (χ3n) is 4.09. The quantitative estimate of drug-likeness (QED) is 0.510. The Hall–Kier alpha value is -2.94. The number of halogens is 1. The van der Waals surface area contributed by atoms with Crippen LogP contribution in [0.25, 0.3) is 11.2 Å². The zero-order valence-electron chi connectivity index (χ0n) is 14.6. The normalized spacial score (nSPS) is 12.3. The molecule has 1 atom stereocenters. The number of phenolic OH excluding ortho intramolecular Hbond substituents is 1. The molecule has 1 aromatic carbocycles. The average molecular weight is 360 g/mol. The standard InChI is InChI=1S/C17H21FN6O2/c1-3-12(8-25)21-17-22-15(14-16(23-17)24(2)9-20-14)19-7-10-6-11(18)4-5-13(10)26/h4-6,9,12,25-26H,3,7-8H2,1-2H3,(H2,19,21,22,23). The van der Waals surface area contributed by atoms with Gasteiger partial charge < -0.3 is 25.4 Å². The summed E-state index contributed by atoms with van der Waals surface area (Å²) in [5.41, 5.74) is 1.58. The van der Waals surface area contributed by atoms with Gasteiger partial charge in [-0.05, 0) is 24.6 Å². The van der Waals surface area contributed by atoms with Crippen LogP contribution in [0.5, 0.6) is 5.75 Å². The van der Waals surface area contributed by atoms with Gasteiger partial charge in [0.1, 0.15) is 11.6 Å². The topological polar surface area (TPSA) is 108 Å². The molecule has 138 valence electrons. The second kappa shape index (κ2) is 7.52. The number of nitrogens with one attached hydrogen (secondary N) is 2. The molecule has 9 heteroatoms. The number of hydrogen-bond donors (Lipinski definition) is 4. The van der Waals surface area contributed by atoms with Crippen molar-refractivity contribution in [1.29, 1.82) is 0 Å². The summed E-state index contributed by atoms with van der Waals surface area (Å²) in [5, 5.41) is 25.4. The van der Waals surface area contributed by atoms with Gasteiger partial charge in [-0.15, -0.1) is 0 Å². The maximum absolute atomic E-state index is 13.4. The lowest BCUT2D eigenvalue weighted by Crippen LogP contribution is -2.24. The first-order valence-corrected chi connectivity index (χ1v) is 8.29. The number of nitrogens with zero attached hydrogens (tertiary/aromatic N) is 4. The molecular weight excluding hydrogens is 339 g/mol. The Bertz CT molecular complexity index is 910. The minimum Gasteiger partial charge on any atom is -0.508 e. The molecule has 2 heterocycles. The van der Waals surface area contributed by atoms with Crippen LogP contribution in [0.15, 0.2) is 24.5 Å². The van der Waals surface area contributed by atoms with Crippen LogP contribution in [0.2, 0.25) is 0 Å². The van der Waals surface area contributed by atoms with Crippen molar-refractivity contribution in [3.8, 4) is 5.75 Å². The number of rotatable bonds is 7. The first-order valence-electron chi connectivity index (χ1n) is 8.29. The van der Waals surface area contributed by atoms with E-state index in [-0.39, 0.29) is 24.9 Å². The SMILES string of the molecule is CCC(CO)Nc1nc(NCc2cc(F)ccc2O)c2ncn(C)c2n1. The van der Waals surface area contributed by atoms with Crippen LogP contribution in [-0.4, -0.2) is 42.4 Å². The summed E-state index contributed by atoms with van der Waals surface area (Å²) in [5.74, 6) is 0.374. The minimum atomic E-state index is -0.429. The predicted octanol–water partition coefficient (Wildman–Crippen LogP) is 2.00. The molecular formula is C17H21FN6O2. The maximum Gasteiger partial charge on any atom is 0.227 e. The van der Waals surface area contributed by atoms with Crippen molar-refractivity contribution in [1.82, 2.24) is 19.5 Å². The molecule has 0 bridgehead atoms. The lowest BCUT2D eigenvalue weighted by Gasteiger charge is -2.15. The van der Waals surface area contributed by atoms with Gasteiger partial charge >= 0.3 is 0 Å². The number of aryl methyl sites for hydroxylation is 1. The van der Waals surface area contributed by atoms with Gasteiger partial charge in [0.25, 0.3) is 0 Å². The Morgan fingerprint density at radius 1 is 1.31 bits per heavy atom. The zero-order chi connectivity index (χ0) is 18.7. The Kier molecular flexibility index (Phi) is 5.17. The fourth-order valence-electron chi connectivity index (χ4n) is 2.53. The molecule has 0 spiro atoms. The molecule has 0 saturated heterocycles. The Labute approximate surface area is 149 Å². The van der Waals surface area contributed by atoms with Crippen molar-refractivity contribution in [2.45, 2.75) is 25.9 Å². The molecule has 0 radical (unpaired) electrons. The van der Waals surface area contributed by atoms with Gasteiger partial charge in [0.05, 0.1) is 19.0 Å². The highest BCUT2D eigenvalue weighted by molar-refractivity contribution is 5.84. The molecule has 0 aliphatic carbocycles. The summed E-state index contributed by atoms with van der Waals surface area (Å²) in [4.78, 5) is 13.1. The van der Waals surface area contributed by atoms with Crippen LogP contribution in [0.4, 0.5) is 16.2 Å². The molecule has 8 nitrogen and oxygen atoms in total. The van der Waals surface area contributed by atoms with Gasteiger partial charge in [-0.2, -0.15) is 9.97 Å². The maximum atomic E-state index is 13.4. The van der Waals surface area contributed by atoms with Gasteiger partial charge in [-0.3, -0.25) is 0 Å². The second-order valence-corrected chi connectivity index (χ2v) is 5.98. The van der Waals surface area contributed by atoms with Gasteiger partial charge in [0.2, 0.25) is 5.95 Å². The molecule has 1 unspecified atom stereocenters. The molecule has 4 N–H and O–H groups in total. The number of benzene rings is 1. The van der Waals surface area contributed by atoms with Crippen LogP contribution in [0, 0.1) is 5.82 Å². The summed E-state index contributed by atoms with van der Waals surface area (Å²) in [7, 11) is 1.82. The minimum absolute atomic E-state index is 0.00473. The van der Waals surface area contributed by atoms with Crippen molar-refractivity contribution >= 4 is 22.9 Å². The van der Waals surface area contributed by atoms with E-state index < -0.39 is 5.82 Å². The second-order valence-electron chi connectivity index (χ2n) is 5.98. The molecule has 3 rings (SSSR count). The molecule has 3 aromatic rings. The van der Waals surface area contributed by atoms with Crippen LogP contribution in [0.1, 0.15) is 18.9 Å². The number of aromatic nitrogens is 4. The van der Waals surface area contributed by atoms with Crippen molar-refractivity contribution < 1.29 is 14.6 Å². The van der Waals surface area contributed by atoms with E-state index in [9.17, 15) is 14.6 Å². The monoisotopic (exact) mass is 360 g/mol. The van der Waals surface area contributed by atoms with E-state index in [1.165, 1.54) is 18.2 Å². The predicted molar refractivity (Wildman–Crippen MR) is 96.5 cm³/mol. The van der Waals surface area contributed by atoms with E-state index in [2.05, 4.69) is 25.6 Å². The highest BCUT2D eigenvalue weighted by Gasteiger charge is 2.15. The van der Waals surface area contributed by atoms with Gasteiger partial charge in [-0.25, -0.2) is 9.37 Å². The third kappa shape index (κ3) is 3.67. The Balaban J connectivity index is 1.92. The van der Waals surface area contributed by atoms with Gasteiger partial charge in [-0.1, -0.05) is 6.92 Å². The number of imidazole rings is 1. The number of aliphatic hydroxyl groups excluding tert-OH is 1. The van der Waals surface area contributed by atoms with Crippen LogP contribution < -0.4 is 10.6 Å². The largest absolute Gasteiger partial charge is 0.508 e. The number of anilines is 2. The highest BCUT2D eigenvalue weighted by atomic mass is 19.1. The van der Waals surface area contributed by atoms with Crippen molar-refractivity contribution in [3.63, 3.8) is 0 Å². The summed E-state index contributed by atoms with van der Waals surface area (Å²) < 4.78 is 15.2. The van der Waals surface area contributed by atoms with E-state index in [0.717, 1.165) is 0 Å². The average Bonchev–Trinajstić information content (AvgIpc) is 3.01. The summed E-state index contributed by atoms with van der Waals surface area (Å²) in [6.45, 7) is 2.08.